The summed E-state index contributed by atoms with van der Waals surface area (Å²) in [5.74, 6) is -0.645. The third-order valence-corrected chi connectivity index (χ3v) is 16.7. The van der Waals surface area contributed by atoms with E-state index in [0.717, 1.165) is 0 Å². The van der Waals surface area contributed by atoms with Crippen LogP contribution in [0.1, 0.15) is 68.5 Å². The number of carbonyl (C=O) groups excluding carboxylic acids is 1. The first-order chi connectivity index (χ1) is 16.2. The Morgan fingerprint density at radius 2 is 1.53 bits per heavy atom. The summed E-state index contributed by atoms with van der Waals surface area (Å²) in [7, 11) is -5.48. The Morgan fingerprint density at radius 1 is 1.06 bits per heavy atom. The van der Waals surface area contributed by atoms with E-state index in [-0.39, 0.29) is 91.9 Å². The summed E-state index contributed by atoms with van der Waals surface area (Å²) in [5.41, 5.74) is 7.67. The number of nitrogens with one attached hydrogen (secondary N) is 1. The predicted octanol–water partition coefficient (Wildman–Crippen LogP) is 4.96. The molecule has 1 saturated heterocycles. The summed E-state index contributed by atoms with van der Waals surface area (Å²) in [6.45, 7) is 18.7. The van der Waals surface area contributed by atoms with E-state index in [9.17, 15) is 9.59 Å². The second-order valence-electron chi connectivity index (χ2n) is 10.3. The number of rotatable bonds is 9. The molecule has 1 unspecified atom stereocenters. The van der Waals surface area contributed by atoms with Crippen LogP contribution in [0, 0.1) is 44.1 Å². The molecule has 1 aliphatic heterocycles. The Balaban J connectivity index is 0.00000648. The maximum Gasteiger partial charge on any atom is 0.334 e. The molecule has 36 heavy (non-hydrogen) atoms. The van der Waals surface area contributed by atoms with Gasteiger partial charge in [0.15, 0.2) is 6.23 Å². The van der Waals surface area contributed by atoms with Crippen molar-refractivity contribution in [2.75, 3.05) is 19.8 Å². The topological polar surface area (TPSA) is 122 Å². The molecular weight excluding hydrogens is 713 g/mol. The van der Waals surface area contributed by atoms with Gasteiger partial charge in [0.25, 0.3) is 0 Å². The molecule has 1 fully saturated rings. The molecule has 1 aromatic rings. The van der Waals surface area contributed by atoms with Gasteiger partial charge in [-0.15, -0.1) is 0 Å². The van der Waals surface area contributed by atoms with E-state index in [1.54, 1.807) is 0 Å². The normalized spacial score (nSPS) is 19.1. The van der Waals surface area contributed by atoms with Gasteiger partial charge in [-0.1, -0.05) is 61.2 Å². The molecule has 0 spiro atoms. The molecule has 1 atom stereocenters. The van der Waals surface area contributed by atoms with Crippen LogP contribution in [-0.2, 0) is 27.2 Å². The molecule has 0 aliphatic carbocycles. The van der Waals surface area contributed by atoms with E-state index < -0.39 is 41.1 Å². The van der Waals surface area contributed by atoms with E-state index in [1.165, 1.54) is 23.8 Å². The smallest absolute Gasteiger partial charge is 0.334 e. The minimum absolute atomic E-state index is 0. The molecule has 0 saturated carbocycles. The van der Waals surface area contributed by atoms with Gasteiger partial charge in [0.1, 0.15) is 12.7 Å². The molecule has 2 rings (SSSR count). The average Bonchev–Trinajstić information content (AvgIpc) is 2.72. The van der Waals surface area contributed by atoms with Crippen LogP contribution in [-0.4, -0.2) is 58.6 Å². The quantitative estimate of drug-likeness (QED) is 0.256. The van der Waals surface area contributed by atoms with Crippen molar-refractivity contribution in [1.82, 2.24) is 9.55 Å². The van der Waals surface area contributed by atoms with Gasteiger partial charge in [0.2, 0.25) is 5.69 Å². The van der Waals surface area contributed by atoms with E-state index in [4.69, 9.17) is 28.2 Å². The molecule has 1 aliphatic rings. The summed E-state index contributed by atoms with van der Waals surface area (Å²) in [6.07, 6.45) is -0.0570. The Labute approximate surface area is 253 Å². The number of hydrogen-bond acceptors (Lipinski definition) is 8. The van der Waals surface area contributed by atoms with Crippen molar-refractivity contribution < 1.29 is 71.3 Å². The molecule has 0 amide bonds. The van der Waals surface area contributed by atoms with Gasteiger partial charge in [0.05, 0.1) is 13.2 Å². The fourth-order valence-corrected chi connectivity index (χ4v) is 15.7. The first kappa shape index (κ1) is 33.9. The van der Waals surface area contributed by atoms with Gasteiger partial charge in [-0.3, -0.25) is 14.2 Å². The number of nitrogens with zero attached hydrogens (tertiary/aromatic N) is 2. The van der Waals surface area contributed by atoms with Crippen molar-refractivity contribution in [2.24, 2.45) is 0 Å². The average molecular weight is 756 g/mol. The zero-order valence-corrected chi connectivity index (χ0v) is 29.8. The first-order valence-electron chi connectivity index (χ1n) is 12.3. The Morgan fingerprint density at radius 3 is 1.92 bits per heavy atom. The molecule has 203 valence electrons. The summed E-state index contributed by atoms with van der Waals surface area (Å²) in [4.78, 5) is 27.7. The van der Waals surface area contributed by atoms with Gasteiger partial charge in [0, 0.05) is 57.2 Å². The Bertz CT molecular complexity index is 868. The predicted molar refractivity (Wildman–Crippen MR) is 138 cm³/mol. The Hall–Kier alpha value is -0.135. The molecule has 0 aromatic carbocycles. The van der Waals surface area contributed by atoms with Crippen LogP contribution in [0.4, 0.5) is 5.82 Å². The summed E-state index contributed by atoms with van der Waals surface area (Å²) in [6, 6.07) is 1.38. The van der Waals surface area contributed by atoms with Crippen LogP contribution in [0.25, 0.3) is 5.73 Å². The minimum atomic E-state index is -2.74. The monoisotopic (exact) mass is 755 g/mol. The third-order valence-electron chi connectivity index (χ3n) is 6.45. The van der Waals surface area contributed by atoms with E-state index in [2.05, 4.69) is 60.4 Å². The number of ether oxygens (including phenoxy) is 2. The van der Waals surface area contributed by atoms with Crippen LogP contribution < -0.4 is 5.69 Å². The molecular formula is C23H42AcN3O7Si2-. The second-order valence-corrected chi connectivity index (χ2v) is 19.2. The molecule has 2 heterocycles. The molecule has 13 heteroatoms. The minimum Gasteiger partial charge on any atom is -0.482 e. The van der Waals surface area contributed by atoms with Crippen molar-refractivity contribution >= 4 is 28.9 Å². The molecule has 1 N–H and O–H groups in total. The number of carbonyl (C=O) groups is 1. The van der Waals surface area contributed by atoms with E-state index in [0.29, 0.717) is 0 Å². The van der Waals surface area contributed by atoms with E-state index >= 15 is 0 Å². The van der Waals surface area contributed by atoms with Crippen molar-refractivity contribution in [1.29, 1.82) is 0 Å². The number of esters is 1. The largest absolute Gasteiger partial charge is 0.482 e. The molecule has 10 nitrogen and oxygen atoms in total. The van der Waals surface area contributed by atoms with Crippen molar-refractivity contribution in [2.45, 2.75) is 96.8 Å². The van der Waals surface area contributed by atoms with Gasteiger partial charge >= 0.3 is 23.1 Å². The van der Waals surface area contributed by atoms with Crippen LogP contribution in [0.2, 0.25) is 22.2 Å². The van der Waals surface area contributed by atoms with Gasteiger partial charge in [-0.2, -0.15) is 0 Å². The van der Waals surface area contributed by atoms with Gasteiger partial charge in [-0.25, -0.2) is 0 Å². The zero-order valence-electron chi connectivity index (χ0n) is 23.1. The Kier molecular flexibility index (Phi) is 13.5. The summed E-state index contributed by atoms with van der Waals surface area (Å²) >= 11 is 0. The number of aromatic nitrogens is 2. The van der Waals surface area contributed by atoms with Gasteiger partial charge in [-0.05, 0) is 28.2 Å². The first-order valence-corrected chi connectivity index (χ1v) is 16.3. The third kappa shape index (κ3) is 7.94. The maximum absolute atomic E-state index is 12.5. The number of hydrogen-bond donors (Lipinski definition) is 0. The van der Waals surface area contributed by atoms with Crippen LogP contribution in [0.15, 0.2) is 17.1 Å². The van der Waals surface area contributed by atoms with Crippen LogP contribution >= 0.6 is 0 Å². The molecule has 1 aromatic heterocycles. The second kappa shape index (κ2) is 14.3. The maximum atomic E-state index is 12.5. The van der Waals surface area contributed by atoms with Gasteiger partial charge < -0.3 is 33.2 Å². The SMILES string of the molecule is CC(=O)OCC(OC1CO[Si](C(C)C)(C(C)C)O[Si](C(C)C)(C(C)C)OC1)n1ccc([NH-])nc1=O.[Ac]. The van der Waals surface area contributed by atoms with Crippen LogP contribution in [0.5, 0.6) is 0 Å². The van der Waals surface area contributed by atoms with Crippen molar-refractivity contribution in [3.63, 3.8) is 0 Å². The molecule has 0 bridgehead atoms. The molecule has 1 radical (unpaired) electrons. The summed E-state index contributed by atoms with van der Waals surface area (Å²) < 4.78 is 33.2. The standard InChI is InChI=1S/C23H43N3O7Si2.Ac/c1-15(2)34(16(3)4)30-12-20(13-31-35(33-34,17(5)6)18(7)8)32-22(14-29-19(9)27)26-11-10-21(24)25-23(26)28;/h10-11,15-18,20,22H,12-14H2,1-9H3,(H2,24,25,28);/p-1. The summed E-state index contributed by atoms with van der Waals surface area (Å²) in [5, 5.41) is 0. The fraction of sp³-hybridized carbons (Fsp3) is 0.783. The van der Waals surface area contributed by atoms with E-state index in [1.807, 2.05) is 0 Å². The fourth-order valence-electron chi connectivity index (χ4n) is 4.58. The van der Waals surface area contributed by atoms with Crippen molar-refractivity contribution in [3.05, 3.63) is 28.5 Å². The van der Waals surface area contributed by atoms with Crippen molar-refractivity contribution in [3.8, 4) is 0 Å². The zero-order chi connectivity index (χ0) is 26.6. The van der Waals surface area contributed by atoms with Crippen LogP contribution in [0.3, 0.4) is 0 Å².